The topological polar surface area (TPSA) is 307 Å². The first-order valence-electron chi connectivity index (χ1n) is 29.4. The number of aromatic nitrogens is 1. The number of aliphatic imine (C=N–C) groups is 1. The summed E-state index contributed by atoms with van der Waals surface area (Å²) in [6, 6.07) is 21.1. The zero-order valence-electron chi connectivity index (χ0n) is 49.2. The van der Waals surface area contributed by atoms with Crippen molar-refractivity contribution in [3.8, 4) is 0 Å². The molecule has 21 heteroatoms. The zero-order chi connectivity index (χ0) is 61.3. The molecule has 1 aromatic heterocycles. The number of pyridine rings is 1. The lowest BCUT2D eigenvalue weighted by molar-refractivity contribution is -0.137. The van der Waals surface area contributed by atoms with Gasteiger partial charge in [-0.3, -0.25) is 43.4 Å². The number of anilines is 2. The van der Waals surface area contributed by atoms with Crippen LogP contribution in [-0.2, 0) is 53.0 Å². The number of carbonyl (C=O) groups is 9. The van der Waals surface area contributed by atoms with E-state index in [1.54, 1.807) is 60.8 Å². The standard InChI is InChI=1S/C64H81N11O10/c1-5-31-74(32-6-2)62(82)49-36-47-21-22-48(37-53(47)71-56(65)38-49)61(81)70-51-34-45(39-67-40-51)20-27-55(76)54(35-43-14-9-7-10-15-43)73-64(84)85-41-44-18-24-50(25-19-44)69-60(80)46(16-13-30-68-63(66)83)23-26-52(42(3)4)72-57(77)17-11-8-12-33-75-58(78)28-29-59(75)79/h7,9-10,14-15,18-19,21-22,24-25,28-29,34,36-37,39-40,42,46,52,54H,5-6,8,11-13,16-17,20,23,26-27,30-33,35,38,41H2,1-4H3,(H2,65,71)(H,69,80)(H,70,81)(H,72,77)(H,73,84)(H3,66,68,83)/t46-,52-,54+/m1/s1. The second kappa shape index (κ2) is 33.3. The maximum absolute atomic E-state index is 13.9. The number of carbonyl (C=O) groups excluding carboxylic acids is 9. The van der Waals surface area contributed by atoms with Gasteiger partial charge in [0.2, 0.25) is 17.7 Å². The van der Waals surface area contributed by atoms with Gasteiger partial charge in [-0.1, -0.05) is 82.6 Å². The summed E-state index contributed by atoms with van der Waals surface area (Å²) >= 11 is 0. The fraction of sp³-hybridized carbons (Fsp3) is 0.422. The number of alkyl carbamates (subject to hydrolysis) is 1. The highest BCUT2D eigenvalue weighted by Gasteiger charge is 2.27. The fourth-order valence-electron chi connectivity index (χ4n) is 10.0. The highest BCUT2D eigenvalue weighted by Crippen LogP contribution is 2.29. The number of benzene rings is 3. The Balaban J connectivity index is 0.996. The molecule has 0 saturated carbocycles. The summed E-state index contributed by atoms with van der Waals surface area (Å²) in [5.41, 5.74) is 16.6. The number of amidine groups is 1. The number of hydrogen-bond donors (Lipinski definition) is 7. The Morgan fingerprint density at radius 2 is 1.48 bits per heavy atom. The molecular weight excluding hydrogens is 1080 g/mol. The minimum atomic E-state index is -0.932. The van der Waals surface area contributed by atoms with Crippen LogP contribution in [0.4, 0.5) is 26.7 Å². The van der Waals surface area contributed by atoms with Gasteiger partial charge in [-0.15, -0.1) is 0 Å². The number of primary amides is 1. The Morgan fingerprint density at radius 1 is 0.753 bits per heavy atom. The summed E-state index contributed by atoms with van der Waals surface area (Å²) < 4.78 is 5.60. The van der Waals surface area contributed by atoms with Gasteiger partial charge in [0.25, 0.3) is 17.7 Å². The van der Waals surface area contributed by atoms with Crippen LogP contribution in [0.25, 0.3) is 6.08 Å². The Hall–Kier alpha value is -9.01. The lowest BCUT2D eigenvalue weighted by Gasteiger charge is -2.25. The molecule has 2 aliphatic rings. The minimum absolute atomic E-state index is 0.0387. The van der Waals surface area contributed by atoms with Crippen molar-refractivity contribution in [2.24, 2.45) is 28.3 Å². The number of aryl methyl sites for hydroxylation is 1. The van der Waals surface area contributed by atoms with E-state index in [4.69, 9.17) is 16.2 Å². The number of rotatable bonds is 33. The average Bonchev–Trinajstić information content (AvgIpc) is 3.22. The summed E-state index contributed by atoms with van der Waals surface area (Å²) in [7, 11) is 0. The first-order chi connectivity index (χ1) is 40.9. The number of Topliss-reactive ketones (excluding diaryl/α,β-unsaturated/α-hetero) is 1. The van der Waals surface area contributed by atoms with Crippen molar-refractivity contribution in [1.82, 2.24) is 30.7 Å². The number of nitrogens with zero attached hydrogens (tertiary/aromatic N) is 4. The second-order valence-corrected chi connectivity index (χ2v) is 21.8. The lowest BCUT2D eigenvalue weighted by atomic mass is 9.90. The molecule has 0 saturated heterocycles. The fourth-order valence-corrected chi connectivity index (χ4v) is 10.0. The molecule has 452 valence electrons. The van der Waals surface area contributed by atoms with Crippen LogP contribution in [0.3, 0.4) is 0 Å². The van der Waals surface area contributed by atoms with E-state index in [-0.39, 0.29) is 98.4 Å². The summed E-state index contributed by atoms with van der Waals surface area (Å²) in [5.74, 6) is -1.88. The first-order valence-corrected chi connectivity index (χ1v) is 29.4. The molecule has 0 spiro atoms. The van der Waals surface area contributed by atoms with Gasteiger partial charge in [-0.05, 0) is 123 Å². The molecule has 0 aliphatic carbocycles. The van der Waals surface area contributed by atoms with Gasteiger partial charge in [-0.2, -0.15) is 0 Å². The van der Waals surface area contributed by atoms with Gasteiger partial charge in [0, 0.05) is 98.1 Å². The van der Waals surface area contributed by atoms with Gasteiger partial charge in [-0.25, -0.2) is 14.6 Å². The van der Waals surface area contributed by atoms with Crippen LogP contribution >= 0.6 is 0 Å². The lowest BCUT2D eigenvalue weighted by Crippen LogP contribution is -2.42. The number of hydrogen-bond acceptors (Lipinski definition) is 13. The Kier molecular flexibility index (Phi) is 25.5. The summed E-state index contributed by atoms with van der Waals surface area (Å²) in [4.78, 5) is 128. The van der Waals surface area contributed by atoms with Crippen LogP contribution in [0.5, 0.6) is 0 Å². The molecule has 3 aromatic carbocycles. The van der Waals surface area contributed by atoms with Gasteiger partial charge in [0.15, 0.2) is 5.78 Å². The van der Waals surface area contributed by atoms with Crippen molar-refractivity contribution in [2.45, 2.75) is 136 Å². The highest BCUT2D eigenvalue weighted by molar-refractivity contribution is 6.13. The zero-order valence-corrected chi connectivity index (χ0v) is 49.2. The molecule has 0 bridgehead atoms. The second-order valence-electron chi connectivity index (χ2n) is 21.8. The predicted molar refractivity (Wildman–Crippen MR) is 326 cm³/mol. The molecule has 0 fully saturated rings. The van der Waals surface area contributed by atoms with Crippen LogP contribution in [-0.4, -0.2) is 112 Å². The molecule has 9 N–H and O–H groups in total. The number of nitrogens with one attached hydrogen (secondary N) is 5. The van der Waals surface area contributed by atoms with E-state index in [9.17, 15) is 43.2 Å². The number of unbranched alkanes of at least 4 members (excludes halogenated alkanes) is 2. The van der Waals surface area contributed by atoms with E-state index in [0.29, 0.717) is 109 Å². The SMILES string of the molecule is CCCN(CCC)C(=O)C1=Cc2ccc(C(=O)Nc3cncc(CCC(=O)[C@H](Cc4ccccc4)NC(=O)OCc4ccc(NC(=O)[C@H](CCCNC(N)=O)CC[C@@H](NC(=O)CCCCCN5C(=O)C=CC5=O)C(C)C)cc4)c3)cc2N=C(N)C1. The van der Waals surface area contributed by atoms with Crippen LogP contribution in [0.1, 0.15) is 137 Å². The minimum Gasteiger partial charge on any atom is -0.445 e. The molecule has 2 aliphatic heterocycles. The maximum atomic E-state index is 13.9. The van der Waals surface area contributed by atoms with Crippen molar-refractivity contribution in [2.75, 3.05) is 36.8 Å². The maximum Gasteiger partial charge on any atom is 0.408 e. The van der Waals surface area contributed by atoms with Gasteiger partial charge in [0.05, 0.1) is 23.6 Å². The number of imide groups is 1. The molecule has 4 aromatic rings. The molecule has 21 nitrogen and oxygen atoms in total. The summed E-state index contributed by atoms with van der Waals surface area (Å²) in [6.45, 7) is 9.80. The largest absolute Gasteiger partial charge is 0.445 e. The van der Waals surface area contributed by atoms with Crippen LogP contribution in [0, 0.1) is 11.8 Å². The third-order valence-corrected chi connectivity index (χ3v) is 14.6. The van der Waals surface area contributed by atoms with E-state index in [0.717, 1.165) is 18.4 Å². The molecule has 3 atom stereocenters. The van der Waals surface area contributed by atoms with E-state index >= 15 is 0 Å². The molecule has 3 heterocycles. The quantitative estimate of drug-likeness (QED) is 0.0175. The van der Waals surface area contributed by atoms with Gasteiger partial charge in [0.1, 0.15) is 12.4 Å². The molecule has 9 amide bonds. The molecule has 0 radical (unpaired) electrons. The van der Waals surface area contributed by atoms with E-state index < -0.39 is 30.0 Å². The monoisotopic (exact) mass is 1160 g/mol. The number of ether oxygens (including phenoxy) is 1. The first kappa shape index (κ1) is 65.1. The van der Waals surface area contributed by atoms with Crippen LogP contribution in [0.15, 0.2) is 114 Å². The third-order valence-electron chi connectivity index (χ3n) is 14.6. The number of fused-ring (bicyclic) bond motifs is 1. The van der Waals surface area contributed by atoms with Crippen LogP contribution in [0.2, 0.25) is 0 Å². The normalized spacial score (nSPS) is 13.8. The van der Waals surface area contributed by atoms with Crippen molar-refractivity contribution < 1.29 is 47.9 Å². The smallest absolute Gasteiger partial charge is 0.408 e. The Morgan fingerprint density at radius 3 is 2.18 bits per heavy atom. The van der Waals surface area contributed by atoms with Crippen molar-refractivity contribution >= 4 is 82.3 Å². The summed E-state index contributed by atoms with van der Waals surface area (Å²) in [5, 5.41) is 14.3. The number of amides is 9. The van der Waals surface area contributed by atoms with Crippen molar-refractivity contribution in [3.05, 3.63) is 137 Å². The average molecular weight is 1160 g/mol. The summed E-state index contributed by atoms with van der Waals surface area (Å²) in [6.07, 6.45) is 13.0. The molecule has 0 unspecified atom stereocenters. The molecule has 6 rings (SSSR count). The third kappa shape index (κ3) is 21.3. The van der Waals surface area contributed by atoms with E-state index in [1.165, 1.54) is 23.2 Å². The van der Waals surface area contributed by atoms with Gasteiger partial charge < -0.3 is 47.7 Å². The van der Waals surface area contributed by atoms with Gasteiger partial charge >= 0.3 is 12.1 Å². The number of nitrogens with two attached hydrogens (primary N) is 2. The highest BCUT2D eigenvalue weighted by atomic mass is 16.5. The number of ketones is 1. The van der Waals surface area contributed by atoms with Crippen molar-refractivity contribution in [1.29, 1.82) is 0 Å². The number of urea groups is 1. The van der Waals surface area contributed by atoms with Crippen LogP contribution < -0.4 is 38.1 Å². The Labute approximate surface area is 497 Å². The van der Waals surface area contributed by atoms with Crippen molar-refractivity contribution in [3.63, 3.8) is 0 Å². The molecule has 85 heavy (non-hydrogen) atoms. The van der Waals surface area contributed by atoms with E-state index in [2.05, 4.69) is 36.6 Å². The predicted octanol–water partition coefficient (Wildman–Crippen LogP) is 8.21. The van der Waals surface area contributed by atoms with E-state index in [1.807, 2.05) is 62.9 Å². The molecular formula is C64H81N11O10. The Bertz CT molecular complexity index is 3060.